The minimum atomic E-state index is -0.334. The lowest BCUT2D eigenvalue weighted by molar-refractivity contribution is -0.122. The van der Waals surface area contributed by atoms with E-state index in [1.54, 1.807) is 0 Å². The van der Waals surface area contributed by atoms with Crippen LogP contribution in [0.4, 0.5) is 0 Å². The molecule has 4 heteroatoms. The van der Waals surface area contributed by atoms with Gasteiger partial charge in [0, 0.05) is 19.8 Å². The van der Waals surface area contributed by atoms with Crippen LogP contribution in [-0.4, -0.2) is 31.7 Å². The van der Waals surface area contributed by atoms with Crippen molar-refractivity contribution >= 4 is 5.91 Å². The number of nitrogens with two attached hydrogens (primary N) is 1. The Kier molecular flexibility index (Phi) is 6.42. The molecule has 1 amide bonds. The van der Waals surface area contributed by atoms with Gasteiger partial charge in [-0.25, -0.2) is 0 Å². The summed E-state index contributed by atoms with van der Waals surface area (Å²) in [6, 6.07) is -0.334. The average molecular weight is 228 g/mol. The van der Waals surface area contributed by atoms with E-state index in [1.165, 1.54) is 0 Å². The topological polar surface area (TPSA) is 64.4 Å². The third kappa shape index (κ3) is 4.94. The zero-order valence-corrected chi connectivity index (χ0v) is 10.2. The number of carbonyl (C=O) groups is 1. The number of amides is 1. The van der Waals surface area contributed by atoms with E-state index in [1.807, 2.05) is 0 Å². The number of hydrogen-bond donors (Lipinski definition) is 2. The highest BCUT2D eigenvalue weighted by Gasteiger charge is 2.16. The number of hydrogen-bond acceptors (Lipinski definition) is 3. The molecule has 1 saturated heterocycles. The van der Waals surface area contributed by atoms with Gasteiger partial charge in [0.25, 0.3) is 0 Å². The third-order valence-corrected chi connectivity index (χ3v) is 3.08. The van der Waals surface area contributed by atoms with Gasteiger partial charge >= 0.3 is 0 Å². The first-order valence-corrected chi connectivity index (χ1v) is 6.35. The first-order chi connectivity index (χ1) is 7.74. The van der Waals surface area contributed by atoms with E-state index < -0.39 is 0 Å². The van der Waals surface area contributed by atoms with Gasteiger partial charge in [0.1, 0.15) is 0 Å². The Bertz CT molecular complexity index is 203. The van der Waals surface area contributed by atoms with Gasteiger partial charge < -0.3 is 15.8 Å². The molecular formula is C12H24N2O2. The van der Waals surface area contributed by atoms with Crippen molar-refractivity contribution in [1.82, 2.24) is 5.32 Å². The van der Waals surface area contributed by atoms with Gasteiger partial charge in [0.15, 0.2) is 0 Å². The molecule has 2 atom stereocenters. The van der Waals surface area contributed by atoms with Crippen molar-refractivity contribution in [2.75, 3.05) is 19.8 Å². The molecule has 0 spiro atoms. The fourth-order valence-corrected chi connectivity index (χ4v) is 1.90. The Morgan fingerprint density at radius 2 is 2.44 bits per heavy atom. The summed E-state index contributed by atoms with van der Waals surface area (Å²) in [5, 5.41) is 2.90. The van der Waals surface area contributed by atoms with E-state index in [0.717, 1.165) is 51.9 Å². The average Bonchev–Trinajstić information content (AvgIpc) is 2.78. The number of carbonyl (C=O) groups excluding carboxylic acids is 1. The lowest BCUT2D eigenvalue weighted by Gasteiger charge is -2.13. The Labute approximate surface area is 97.9 Å². The standard InChI is InChI=1S/C12H24N2O2/c1-2-3-4-11(13)12(15)14-7-5-10-6-8-16-9-10/h10-11H,2-9,13H2,1H3,(H,14,15)/t10?,11-/m0/s1. The molecule has 3 N–H and O–H groups in total. The highest BCUT2D eigenvalue weighted by atomic mass is 16.5. The van der Waals surface area contributed by atoms with Crippen LogP contribution in [0.15, 0.2) is 0 Å². The van der Waals surface area contributed by atoms with Gasteiger partial charge in [-0.3, -0.25) is 4.79 Å². The summed E-state index contributed by atoms with van der Waals surface area (Å²) >= 11 is 0. The minimum Gasteiger partial charge on any atom is -0.381 e. The van der Waals surface area contributed by atoms with Crippen LogP contribution < -0.4 is 11.1 Å². The Balaban J connectivity index is 2.04. The molecule has 1 rings (SSSR count). The van der Waals surface area contributed by atoms with Crippen LogP contribution in [0.2, 0.25) is 0 Å². The molecule has 0 aromatic carbocycles. The number of nitrogens with one attached hydrogen (secondary N) is 1. The molecule has 1 heterocycles. The van der Waals surface area contributed by atoms with Crippen molar-refractivity contribution in [2.45, 2.75) is 45.1 Å². The predicted octanol–water partition coefficient (Wildman–Crippen LogP) is 1.05. The summed E-state index contributed by atoms with van der Waals surface area (Å²) in [5.41, 5.74) is 5.76. The van der Waals surface area contributed by atoms with Gasteiger partial charge in [-0.2, -0.15) is 0 Å². The molecule has 1 fully saturated rings. The summed E-state index contributed by atoms with van der Waals surface area (Å²) in [6.07, 6.45) is 5.02. The highest BCUT2D eigenvalue weighted by molar-refractivity contribution is 5.81. The summed E-state index contributed by atoms with van der Waals surface area (Å²) in [4.78, 5) is 11.6. The monoisotopic (exact) mass is 228 g/mol. The summed E-state index contributed by atoms with van der Waals surface area (Å²) in [5.74, 6) is 0.611. The van der Waals surface area contributed by atoms with Crippen LogP contribution in [0.5, 0.6) is 0 Å². The van der Waals surface area contributed by atoms with Crippen LogP contribution >= 0.6 is 0 Å². The molecule has 0 radical (unpaired) electrons. The fourth-order valence-electron chi connectivity index (χ4n) is 1.90. The minimum absolute atomic E-state index is 0.00707. The molecule has 1 aliphatic heterocycles. The SMILES string of the molecule is CCCC[C@H](N)C(=O)NCCC1CCOC1. The van der Waals surface area contributed by atoms with Gasteiger partial charge in [-0.1, -0.05) is 19.8 Å². The summed E-state index contributed by atoms with van der Waals surface area (Å²) in [7, 11) is 0. The Morgan fingerprint density at radius 1 is 1.62 bits per heavy atom. The summed E-state index contributed by atoms with van der Waals surface area (Å²) < 4.78 is 5.28. The molecule has 0 aromatic rings. The lowest BCUT2D eigenvalue weighted by atomic mass is 10.1. The van der Waals surface area contributed by atoms with Crippen molar-refractivity contribution in [3.05, 3.63) is 0 Å². The Morgan fingerprint density at radius 3 is 3.06 bits per heavy atom. The number of rotatable bonds is 7. The van der Waals surface area contributed by atoms with Crippen molar-refractivity contribution < 1.29 is 9.53 Å². The highest BCUT2D eigenvalue weighted by Crippen LogP contribution is 2.15. The quantitative estimate of drug-likeness (QED) is 0.684. The van der Waals surface area contributed by atoms with Gasteiger partial charge in [-0.15, -0.1) is 0 Å². The van der Waals surface area contributed by atoms with Crippen LogP contribution in [0, 0.1) is 5.92 Å². The second-order valence-electron chi connectivity index (χ2n) is 4.56. The predicted molar refractivity (Wildman–Crippen MR) is 64.1 cm³/mol. The van der Waals surface area contributed by atoms with Gasteiger partial charge in [0.2, 0.25) is 5.91 Å². The number of unbranched alkanes of at least 4 members (excludes halogenated alkanes) is 1. The first kappa shape index (κ1) is 13.5. The van der Waals surface area contributed by atoms with Crippen LogP contribution in [0.3, 0.4) is 0 Å². The van der Waals surface area contributed by atoms with E-state index in [4.69, 9.17) is 10.5 Å². The van der Waals surface area contributed by atoms with Crippen molar-refractivity contribution in [2.24, 2.45) is 11.7 Å². The molecule has 0 bridgehead atoms. The maximum atomic E-state index is 11.6. The molecule has 0 saturated carbocycles. The van der Waals surface area contributed by atoms with E-state index >= 15 is 0 Å². The van der Waals surface area contributed by atoms with Gasteiger partial charge in [-0.05, 0) is 25.2 Å². The maximum Gasteiger partial charge on any atom is 0.236 e. The number of ether oxygens (including phenoxy) is 1. The maximum absolute atomic E-state index is 11.6. The van der Waals surface area contributed by atoms with Crippen molar-refractivity contribution in [1.29, 1.82) is 0 Å². The third-order valence-electron chi connectivity index (χ3n) is 3.08. The molecule has 94 valence electrons. The van der Waals surface area contributed by atoms with Crippen molar-refractivity contribution in [3.63, 3.8) is 0 Å². The van der Waals surface area contributed by atoms with E-state index in [-0.39, 0.29) is 11.9 Å². The zero-order chi connectivity index (χ0) is 11.8. The Hall–Kier alpha value is -0.610. The fraction of sp³-hybridized carbons (Fsp3) is 0.917. The molecule has 0 aromatic heterocycles. The molecular weight excluding hydrogens is 204 g/mol. The van der Waals surface area contributed by atoms with Crippen LogP contribution in [0.1, 0.15) is 39.0 Å². The molecule has 4 nitrogen and oxygen atoms in total. The van der Waals surface area contributed by atoms with Crippen LogP contribution in [-0.2, 0) is 9.53 Å². The van der Waals surface area contributed by atoms with E-state index in [2.05, 4.69) is 12.2 Å². The summed E-state index contributed by atoms with van der Waals surface area (Å²) in [6.45, 7) is 4.55. The van der Waals surface area contributed by atoms with E-state index in [9.17, 15) is 4.79 Å². The molecule has 1 aliphatic rings. The second kappa shape index (κ2) is 7.63. The van der Waals surface area contributed by atoms with E-state index in [0.29, 0.717) is 5.92 Å². The first-order valence-electron chi connectivity index (χ1n) is 6.35. The normalized spacial score (nSPS) is 22.0. The molecule has 0 aliphatic carbocycles. The second-order valence-corrected chi connectivity index (χ2v) is 4.56. The van der Waals surface area contributed by atoms with Crippen molar-refractivity contribution in [3.8, 4) is 0 Å². The van der Waals surface area contributed by atoms with Crippen LogP contribution in [0.25, 0.3) is 0 Å². The largest absolute Gasteiger partial charge is 0.381 e. The smallest absolute Gasteiger partial charge is 0.236 e. The van der Waals surface area contributed by atoms with Gasteiger partial charge in [0.05, 0.1) is 6.04 Å². The molecule has 1 unspecified atom stereocenters. The molecule has 16 heavy (non-hydrogen) atoms. The lowest BCUT2D eigenvalue weighted by Crippen LogP contribution is -2.41. The zero-order valence-electron chi connectivity index (χ0n) is 10.2.